The van der Waals surface area contributed by atoms with E-state index in [2.05, 4.69) is 242 Å². The minimum absolute atomic E-state index is 0.894. The van der Waals surface area contributed by atoms with Gasteiger partial charge in [0.15, 0.2) is 0 Å². The molecule has 7 aromatic carbocycles. The molecule has 0 aliphatic rings. The van der Waals surface area contributed by atoms with E-state index in [1.807, 2.05) is 0 Å². The Morgan fingerprint density at radius 1 is 0.357 bits per heavy atom. The Morgan fingerprint density at radius 3 is 1.12 bits per heavy atom. The van der Waals surface area contributed by atoms with Gasteiger partial charge >= 0.3 is 0 Å². The average Bonchev–Trinajstić information content (AvgIpc) is 3.26. The first-order chi connectivity index (χ1) is 27.5. The predicted octanol–water partition coefficient (Wildman–Crippen LogP) is 13.9. The summed E-state index contributed by atoms with van der Waals surface area (Å²) in [5, 5.41) is 0. The lowest BCUT2D eigenvalue weighted by atomic mass is 10.1. The van der Waals surface area contributed by atoms with Crippen molar-refractivity contribution in [2.24, 2.45) is 0 Å². The van der Waals surface area contributed by atoms with Crippen LogP contribution in [0.2, 0.25) is 0 Å². The number of anilines is 5. The van der Waals surface area contributed by atoms with Crippen molar-refractivity contribution in [3.05, 3.63) is 221 Å². The zero-order valence-electron chi connectivity index (χ0n) is 32.8. The lowest BCUT2D eigenvalue weighted by Crippen LogP contribution is -2.21. The lowest BCUT2D eigenvalue weighted by Gasteiger charge is -2.26. The number of benzene rings is 7. The van der Waals surface area contributed by atoms with E-state index in [9.17, 15) is 0 Å². The SMILES string of the molecule is CCN(Cc1ccccc1)c1cccc(C=Cc2ccc(N(c3ccc(C)cc3)c3ccc(C=Cc4cccc(N(CC)Cc5ccccc5)c4)cc3)cc2)c1. The largest absolute Gasteiger partial charge is 0.367 e. The third-order valence-electron chi connectivity index (χ3n) is 10.2. The summed E-state index contributed by atoms with van der Waals surface area (Å²) in [5.41, 5.74) is 14.4. The maximum absolute atomic E-state index is 2.41. The Bertz CT molecular complexity index is 2180. The van der Waals surface area contributed by atoms with Crippen LogP contribution in [-0.2, 0) is 13.1 Å². The molecule has 278 valence electrons. The Morgan fingerprint density at radius 2 is 0.732 bits per heavy atom. The van der Waals surface area contributed by atoms with E-state index in [0.29, 0.717) is 0 Å². The molecule has 0 atom stereocenters. The van der Waals surface area contributed by atoms with Gasteiger partial charge in [-0.05, 0) is 115 Å². The van der Waals surface area contributed by atoms with Crippen LogP contribution in [0.15, 0.2) is 182 Å². The molecule has 0 bridgehead atoms. The maximum atomic E-state index is 2.41. The van der Waals surface area contributed by atoms with Gasteiger partial charge < -0.3 is 14.7 Å². The topological polar surface area (TPSA) is 9.72 Å². The molecule has 7 rings (SSSR count). The molecule has 0 saturated heterocycles. The molecular formula is C53H51N3. The standard InChI is InChI=1S/C53H51N3/c1-4-54(40-47-14-8-6-9-15-47)52-20-12-18-45(38-52)26-24-43-28-34-50(35-29-43)56(49-32-22-42(3)23-33-49)51-36-30-44(31-37-51)25-27-46-19-13-21-53(39-46)55(5-2)41-48-16-10-7-11-17-48/h6-39H,4-5,40-41H2,1-3H3. The molecule has 0 aliphatic heterocycles. The van der Waals surface area contributed by atoms with E-state index in [-0.39, 0.29) is 0 Å². The van der Waals surface area contributed by atoms with Crippen molar-refractivity contribution in [2.75, 3.05) is 27.8 Å². The van der Waals surface area contributed by atoms with Crippen LogP contribution >= 0.6 is 0 Å². The van der Waals surface area contributed by atoms with Crippen molar-refractivity contribution in [1.82, 2.24) is 0 Å². The Labute approximate surface area is 334 Å². The summed E-state index contributed by atoms with van der Waals surface area (Å²) in [5.74, 6) is 0. The molecule has 0 radical (unpaired) electrons. The second-order valence-corrected chi connectivity index (χ2v) is 14.2. The fraction of sp³-hybridized carbons (Fsp3) is 0.132. The van der Waals surface area contributed by atoms with Gasteiger partial charge in [-0.2, -0.15) is 0 Å². The van der Waals surface area contributed by atoms with Crippen molar-refractivity contribution in [3.63, 3.8) is 0 Å². The van der Waals surface area contributed by atoms with Gasteiger partial charge in [0.05, 0.1) is 0 Å². The summed E-state index contributed by atoms with van der Waals surface area (Å²) in [7, 11) is 0. The smallest absolute Gasteiger partial charge is 0.0462 e. The van der Waals surface area contributed by atoms with E-state index >= 15 is 0 Å². The number of aryl methyl sites for hydroxylation is 1. The van der Waals surface area contributed by atoms with Crippen LogP contribution in [-0.4, -0.2) is 13.1 Å². The van der Waals surface area contributed by atoms with Crippen LogP contribution < -0.4 is 14.7 Å². The Hall–Kier alpha value is -6.58. The molecule has 0 fully saturated rings. The summed E-state index contributed by atoms with van der Waals surface area (Å²) < 4.78 is 0. The molecule has 0 saturated carbocycles. The molecule has 0 N–H and O–H groups in total. The first-order valence-electron chi connectivity index (χ1n) is 19.8. The van der Waals surface area contributed by atoms with Crippen molar-refractivity contribution < 1.29 is 0 Å². The Balaban J connectivity index is 1.06. The number of nitrogens with zero attached hydrogens (tertiary/aromatic N) is 3. The fourth-order valence-corrected chi connectivity index (χ4v) is 7.02. The minimum atomic E-state index is 0.894. The Kier molecular flexibility index (Phi) is 12.6. The number of hydrogen-bond donors (Lipinski definition) is 0. The molecule has 0 spiro atoms. The molecule has 0 aliphatic carbocycles. The van der Waals surface area contributed by atoms with E-state index in [4.69, 9.17) is 0 Å². The van der Waals surface area contributed by atoms with Gasteiger partial charge in [-0.3, -0.25) is 0 Å². The maximum Gasteiger partial charge on any atom is 0.0462 e. The highest BCUT2D eigenvalue weighted by atomic mass is 15.1. The second-order valence-electron chi connectivity index (χ2n) is 14.2. The molecule has 7 aromatic rings. The minimum Gasteiger partial charge on any atom is -0.367 e. The van der Waals surface area contributed by atoms with E-state index < -0.39 is 0 Å². The molecule has 0 unspecified atom stereocenters. The van der Waals surface area contributed by atoms with E-state index in [1.54, 1.807) is 0 Å². The van der Waals surface area contributed by atoms with Crippen LogP contribution in [0.4, 0.5) is 28.4 Å². The summed E-state index contributed by atoms with van der Waals surface area (Å²) in [6, 6.07) is 65.4. The van der Waals surface area contributed by atoms with E-state index in [1.165, 1.54) is 39.2 Å². The molecule has 0 amide bonds. The van der Waals surface area contributed by atoms with Crippen LogP contribution in [0.3, 0.4) is 0 Å². The van der Waals surface area contributed by atoms with Crippen LogP contribution in [0.1, 0.15) is 52.8 Å². The molecule has 0 aromatic heterocycles. The van der Waals surface area contributed by atoms with Crippen molar-refractivity contribution in [3.8, 4) is 0 Å². The molecular weight excluding hydrogens is 679 g/mol. The summed E-state index contributed by atoms with van der Waals surface area (Å²) in [4.78, 5) is 7.15. The fourth-order valence-electron chi connectivity index (χ4n) is 7.02. The van der Waals surface area contributed by atoms with Gasteiger partial charge in [0.1, 0.15) is 0 Å². The molecule has 3 nitrogen and oxygen atoms in total. The number of hydrogen-bond acceptors (Lipinski definition) is 3. The van der Waals surface area contributed by atoms with Crippen molar-refractivity contribution >= 4 is 52.7 Å². The van der Waals surface area contributed by atoms with Gasteiger partial charge in [-0.1, -0.05) is 151 Å². The highest BCUT2D eigenvalue weighted by Crippen LogP contribution is 2.35. The third-order valence-corrected chi connectivity index (χ3v) is 10.2. The highest BCUT2D eigenvalue weighted by molar-refractivity contribution is 5.80. The van der Waals surface area contributed by atoms with Crippen molar-refractivity contribution in [1.29, 1.82) is 0 Å². The highest BCUT2D eigenvalue weighted by Gasteiger charge is 2.13. The van der Waals surface area contributed by atoms with Gasteiger partial charge in [0, 0.05) is 54.6 Å². The molecule has 0 heterocycles. The zero-order chi connectivity index (χ0) is 38.5. The van der Waals surface area contributed by atoms with Gasteiger partial charge in [-0.25, -0.2) is 0 Å². The zero-order valence-corrected chi connectivity index (χ0v) is 32.8. The second kappa shape index (κ2) is 18.6. The first kappa shape index (κ1) is 37.7. The van der Waals surface area contributed by atoms with Crippen LogP contribution in [0, 0.1) is 6.92 Å². The molecule has 56 heavy (non-hydrogen) atoms. The van der Waals surface area contributed by atoms with E-state index in [0.717, 1.165) is 54.4 Å². The predicted molar refractivity (Wildman–Crippen MR) is 243 cm³/mol. The van der Waals surface area contributed by atoms with Gasteiger partial charge in [0.25, 0.3) is 0 Å². The summed E-state index contributed by atoms with van der Waals surface area (Å²) >= 11 is 0. The summed E-state index contributed by atoms with van der Waals surface area (Å²) in [6.07, 6.45) is 8.82. The van der Waals surface area contributed by atoms with Crippen LogP contribution in [0.5, 0.6) is 0 Å². The first-order valence-corrected chi connectivity index (χ1v) is 19.8. The third kappa shape index (κ3) is 9.93. The van der Waals surface area contributed by atoms with Gasteiger partial charge in [-0.15, -0.1) is 0 Å². The average molecular weight is 730 g/mol. The molecule has 3 heteroatoms. The normalized spacial score (nSPS) is 11.3. The lowest BCUT2D eigenvalue weighted by molar-refractivity contribution is 0.832. The number of rotatable bonds is 15. The van der Waals surface area contributed by atoms with Crippen LogP contribution in [0.25, 0.3) is 24.3 Å². The summed E-state index contributed by atoms with van der Waals surface area (Å²) in [6.45, 7) is 10.2. The monoisotopic (exact) mass is 729 g/mol. The quantitative estimate of drug-likeness (QED) is 0.0973. The van der Waals surface area contributed by atoms with Gasteiger partial charge in [0.2, 0.25) is 0 Å². The van der Waals surface area contributed by atoms with Crippen molar-refractivity contribution in [2.45, 2.75) is 33.9 Å².